The minimum Gasteiger partial charge on any atom is -0.359 e. The number of anilines is 1. The number of halogens is 1. The summed E-state index contributed by atoms with van der Waals surface area (Å²) in [7, 11) is 1.94. The van der Waals surface area contributed by atoms with E-state index in [0.717, 1.165) is 22.9 Å². The molecular weight excluding hydrogens is 395 g/mol. The maximum absolute atomic E-state index is 13.4. The molecule has 0 saturated carbocycles. The Morgan fingerprint density at radius 1 is 1.10 bits per heavy atom. The summed E-state index contributed by atoms with van der Waals surface area (Å²) in [4.78, 5) is 4.59. The normalized spacial score (nSPS) is 12.1. The molecule has 0 spiro atoms. The highest BCUT2D eigenvalue weighted by atomic mass is 19.1. The number of nitrogens with zero attached hydrogens (tertiary/aromatic N) is 5. The number of benzene rings is 2. The van der Waals surface area contributed by atoms with E-state index in [-0.39, 0.29) is 18.6 Å². The Labute approximate surface area is 180 Å². The van der Waals surface area contributed by atoms with Crippen LogP contribution in [0.4, 0.5) is 10.3 Å². The molecule has 0 radical (unpaired) electrons. The van der Waals surface area contributed by atoms with Crippen LogP contribution in [0.25, 0.3) is 22.6 Å². The van der Waals surface area contributed by atoms with Crippen molar-refractivity contribution >= 4 is 5.95 Å². The fraction of sp³-hybridized carbons (Fsp3) is 0.261. The van der Waals surface area contributed by atoms with Crippen molar-refractivity contribution in [2.45, 2.75) is 26.6 Å². The molecule has 0 aliphatic carbocycles. The molecule has 8 heteroatoms. The summed E-state index contributed by atoms with van der Waals surface area (Å²) >= 11 is 0. The summed E-state index contributed by atoms with van der Waals surface area (Å²) in [6, 6.07) is 16.5. The fourth-order valence-electron chi connectivity index (χ4n) is 3.42. The number of rotatable bonds is 8. The molecule has 0 amide bonds. The standard InChI is InChI=1S/C23H25FN6O/c1-4-31-15-30-22(21(27-28-30)18-10-12-19(24)13-11-18)20-14-25-23(29(20)3)26-16(2)17-8-6-5-7-9-17/h5-14,16H,4,15H2,1-3H3,(H,25,26)/t16-/m0/s1. The summed E-state index contributed by atoms with van der Waals surface area (Å²) < 4.78 is 22.7. The van der Waals surface area contributed by atoms with Gasteiger partial charge in [-0.1, -0.05) is 35.5 Å². The van der Waals surface area contributed by atoms with Gasteiger partial charge in [-0.15, -0.1) is 5.10 Å². The molecule has 4 rings (SSSR count). The Balaban J connectivity index is 1.71. The van der Waals surface area contributed by atoms with Crippen LogP contribution >= 0.6 is 0 Å². The molecule has 1 N–H and O–H groups in total. The van der Waals surface area contributed by atoms with Crippen LogP contribution in [0.1, 0.15) is 25.5 Å². The molecule has 0 unspecified atom stereocenters. The van der Waals surface area contributed by atoms with Crippen LogP contribution in [0.3, 0.4) is 0 Å². The molecule has 31 heavy (non-hydrogen) atoms. The van der Waals surface area contributed by atoms with E-state index in [1.165, 1.54) is 17.7 Å². The zero-order chi connectivity index (χ0) is 21.8. The monoisotopic (exact) mass is 420 g/mol. The fourth-order valence-corrected chi connectivity index (χ4v) is 3.42. The number of aromatic nitrogens is 5. The first-order valence-corrected chi connectivity index (χ1v) is 10.2. The van der Waals surface area contributed by atoms with E-state index >= 15 is 0 Å². The van der Waals surface area contributed by atoms with Crippen molar-refractivity contribution < 1.29 is 9.13 Å². The maximum atomic E-state index is 13.4. The molecule has 0 aliphatic heterocycles. The van der Waals surface area contributed by atoms with E-state index in [1.807, 2.05) is 36.7 Å². The summed E-state index contributed by atoms with van der Waals surface area (Å²) in [5.41, 5.74) is 4.17. The van der Waals surface area contributed by atoms with Gasteiger partial charge in [0, 0.05) is 19.2 Å². The molecule has 160 valence electrons. The zero-order valence-corrected chi connectivity index (χ0v) is 17.8. The lowest BCUT2D eigenvalue weighted by molar-refractivity contribution is 0.0789. The van der Waals surface area contributed by atoms with Crippen LogP contribution in [-0.4, -0.2) is 31.2 Å². The average molecular weight is 420 g/mol. The third-order valence-electron chi connectivity index (χ3n) is 5.15. The van der Waals surface area contributed by atoms with Crippen molar-refractivity contribution in [3.05, 3.63) is 72.2 Å². The molecule has 2 aromatic carbocycles. The van der Waals surface area contributed by atoms with Crippen molar-refractivity contribution in [2.75, 3.05) is 11.9 Å². The summed E-state index contributed by atoms with van der Waals surface area (Å²) in [6.45, 7) is 4.83. The summed E-state index contributed by atoms with van der Waals surface area (Å²) in [5, 5.41) is 12.1. The van der Waals surface area contributed by atoms with E-state index < -0.39 is 0 Å². The second-order valence-corrected chi connectivity index (χ2v) is 7.22. The van der Waals surface area contributed by atoms with E-state index in [4.69, 9.17) is 4.74 Å². The largest absolute Gasteiger partial charge is 0.359 e. The van der Waals surface area contributed by atoms with E-state index in [0.29, 0.717) is 12.3 Å². The Morgan fingerprint density at radius 2 is 1.84 bits per heavy atom. The highest BCUT2D eigenvalue weighted by molar-refractivity contribution is 5.76. The van der Waals surface area contributed by atoms with Crippen LogP contribution < -0.4 is 5.32 Å². The van der Waals surface area contributed by atoms with Crippen molar-refractivity contribution in [1.29, 1.82) is 0 Å². The van der Waals surface area contributed by atoms with Gasteiger partial charge in [-0.3, -0.25) is 0 Å². The van der Waals surface area contributed by atoms with Crippen LogP contribution in [0, 0.1) is 5.82 Å². The molecule has 0 aliphatic rings. The van der Waals surface area contributed by atoms with Crippen LogP contribution in [0.5, 0.6) is 0 Å². The minimum atomic E-state index is -0.297. The van der Waals surface area contributed by atoms with Crippen LogP contribution in [0.15, 0.2) is 60.8 Å². The van der Waals surface area contributed by atoms with Crippen molar-refractivity contribution in [3.8, 4) is 22.6 Å². The Morgan fingerprint density at radius 3 is 2.55 bits per heavy atom. The predicted octanol–water partition coefficient (Wildman–Crippen LogP) is 4.65. The smallest absolute Gasteiger partial charge is 0.203 e. The van der Waals surface area contributed by atoms with Gasteiger partial charge < -0.3 is 14.6 Å². The van der Waals surface area contributed by atoms with Gasteiger partial charge in [0.1, 0.15) is 23.9 Å². The summed E-state index contributed by atoms with van der Waals surface area (Å²) in [6.07, 6.45) is 1.79. The third-order valence-corrected chi connectivity index (χ3v) is 5.15. The van der Waals surface area contributed by atoms with E-state index in [2.05, 4.69) is 39.7 Å². The van der Waals surface area contributed by atoms with Crippen molar-refractivity contribution in [1.82, 2.24) is 24.5 Å². The van der Waals surface area contributed by atoms with Gasteiger partial charge in [0.05, 0.1) is 17.9 Å². The van der Waals surface area contributed by atoms with Gasteiger partial charge in [-0.25, -0.2) is 14.1 Å². The lowest BCUT2D eigenvalue weighted by atomic mass is 10.1. The lowest BCUT2D eigenvalue weighted by Crippen LogP contribution is -2.12. The zero-order valence-electron chi connectivity index (χ0n) is 17.8. The Bertz CT molecular complexity index is 1140. The van der Waals surface area contributed by atoms with E-state index in [1.54, 1.807) is 23.0 Å². The number of ether oxygens (including phenoxy) is 1. The SMILES string of the molecule is CCOCn1nnc(-c2ccc(F)cc2)c1-c1cnc(N[C@@H](C)c2ccccc2)n1C. The number of imidazole rings is 1. The van der Waals surface area contributed by atoms with Gasteiger partial charge in [-0.05, 0) is 43.7 Å². The quantitative estimate of drug-likeness (QED) is 0.449. The molecule has 4 aromatic rings. The molecule has 2 aromatic heterocycles. The van der Waals surface area contributed by atoms with Crippen molar-refractivity contribution in [2.24, 2.45) is 7.05 Å². The Kier molecular flexibility index (Phi) is 6.08. The highest BCUT2D eigenvalue weighted by Gasteiger charge is 2.21. The number of hydrogen-bond donors (Lipinski definition) is 1. The lowest BCUT2D eigenvalue weighted by Gasteiger charge is -2.16. The average Bonchev–Trinajstić information content (AvgIpc) is 3.36. The summed E-state index contributed by atoms with van der Waals surface area (Å²) in [5.74, 6) is 0.425. The molecule has 1 atom stereocenters. The number of nitrogens with one attached hydrogen (secondary N) is 1. The first-order valence-electron chi connectivity index (χ1n) is 10.2. The molecule has 0 fully saturated rings. The minimum absolute atomic E-state index is 0.0816. The van der Waals surface area contributed by atoms with Gasteiger partial charge in [0.25, 0.3) is 0 Å². The molecule has 2 heterocycles. The van der Waals surface area contributed by atoms with Gasteiger partial charge >= 0.3 is 0 Å². The van der Waals surface area contributed by atoms with Gasteiger partial charge in [0.15, 0.2) is 0 Å². The van der Waals surface area contributed by atoms with Crippen LogP contribution in [-0.2, 0) is 18.5 Å². The topological polar surface area (TPSA) is 69.8 Å². The predicted molar refractivity (Wildman–Crippen MR) is 118 cm³/mol. The van der Waals surface area contributed by atoms with E-state index in [9.17, 15) is 4.39 Å². The molecule has 0 bridgehead atoms. The first kappa shape index (κ1) is 20.7. The highest BCUT2D eigenvalue weighted by Crippen LogP contribution is 2.32. The second kappa shape index (κ2) is 9.09. The molecular formula is C23H25FN6O. The van der Waals surface area contributed by atoms with Gasteiger partial charge in [0.2, 0.25) is 5.95 Å². The van der Waals surface area contributed by atoms with Crippen LogP contribution in [0.2, 0.25) is 0 Å². The van der Waals surface area contributed by atoms with Gasteiger partial charge in [-0.2, -0.15) is 0 Å². The second-order valence-electron chi connectivity index (χ2n) is 7.22. The maximum Gasteiger partial charge on any atom is 0.203 e. The molecule has 0 saturated heterocycles. The number of hydrogen-bond acceptors (Lipinski definition) is 5. The molecule has 7 nitrogen and oxygen atoms in total. The Hall–Kier alpha value is -3.52. The van der Waals surface area contributed by atoms with Crippen molar-refractivity contribution in [3.63, 3.8) is 0 Å². The first-order chi connectivity index (χ1) is 15.1. The third kappa shape index (κ3) is 4.34.